The van der Waals surface area contributed by atoms with Crippen LogP contribution in [0, 0.1) is 0 Å². The zero-order valence-corrected chi connectivity index (χ0v) is 13.8. The van der Waals surface area contributed by atoms with Gasteiger partial charge in [0.15, 0.2) is 5.82 Å². The lowest BCUT2D eigenvalue weighted by Gasteiger charge is -2.06. The van der Waals surface area contributed by atoms with Crippen LogP contribution in [0.25, 0.3) is 10.2 Å². The van der Waals surface area contributed by atoms with Gasteiger partial charge in [0.2, 0.25) is 0 Å². The van der Waals surface area contributed by atoms with Crippen LogP contribution in [0.4, 0.5) is 5.82 Å². The third kappa shape index (κ3) is 3.25. The molecule has 8 heteroatoms. The monoisotopic (exact) mass is 356 g/mol. The molecule has 0 fully saturated rings. The molecule has 0 atom stereocenters. The fourth-order valence-electron chi connectivity index (χ4n) is 1.79. The number of anilines is 1. The van der Waals surface area contributed by atoms with Crippen molar-refractivity contribution in [3.63, 3.8) is 0 Å². The number of aromatic nitrogens is 2. The number of halogens is 2. The Hall–Kier alpha value is -1.05. The average Bonchev–Trinajstić information content (AvgIpc) is 2.96. The molecule has 0 aliphatic heterocycles. The normalized spacial score (nSPS) is 11.0. The summed E-state index contributed by atoms with van der Waals surface area (Å²) in [5, 5.41) is 3.99. The maximum Gasteiger partial charge on any atom is 0.152 e. The Morgan fingerprint density at radius 3 is 2.81 bits per heavy atom. The number of nitrogens with one attached hydrogen (secondary N) is 1. The van der Waals surface area contributed by atoms with Crippen LogP contribution in [0.15, 0.2) is 34.5 Å². The van der Waals surface area contributed by atoms with Gasteiger partial charge >= 0.3 is 0 Å². The summed E-state index contributed by atoms with van der Waals surface area (Å²) in [6, 6.07) is 7.48. The first-order valence-electron chi connectivity index (χ1n) is 5.96. The van der Waals surface area contributed by atoms with E-state index in [4.69, 9.17) is 29.0 Å². The van der Waals surface area contributed by atoms with Crippen molar-refractivity contribution in [2.75, 3.05) is 5.43 Å². The molecule has 3 aromatic rings. The first-order valence-corrected chi connectivity index (χ1v) is 8.58. The highest BCUT2D eigenvalue weighted by Gasteiger charge is 2.09. The number of hydrogen-bond acceptors (Lipinski definition) is 6. The molecule has 1 aromatic carbocycles. The van der Waals surface area contributed by atoms with Crippen LogP contribution < -0.4 is 11.3 Å². The topological polar surface area (TPSA) is 63.8 Å². The zero-order chi connectivity index (χ0) is 14.8. The van der Waals surface area contributed by atoms with Gasteiger partial charge in [-0.1, -0.05) is 23.2 Å². The fraction of sp³-hybridized carbons (Fsp3) is 0.0769. The summed E-state index contributed by atoms with van der Waals surface area (Å²) in [6.07, 6.45) is 0. The van der Waals surface area contributed by atoms with Gasteiger partial charge in [0, 0.05) is 4.90 Å². The molecule has 0 aliphatic rings. The van der Waals surface area contributed by atoms with E-state index in [9.17, 15) is 0 Å². The minimum atomic E-state index is 0.542. The van der Waals surface area contributed by atoms with Gasteiger partial charge in [0.1, 0.15) is 10.7 Å². The summed E-state index contributed by atoms with van der Waals surface area (Å²) in [5.74, 6) is 7.50. The van der Waals surface area contributed by atoms with E-state index in [1.165, 1.54) is 0 Å². The number of hydrogen-bond donors (Lipinski definition) is 2. The maximum atomic E-state index is 6.01. The number of nitrogen functional groups attached to an aromatic ring is 1. The van der Waals surface area contributed by atoms with Gasteiger partial charge in [0.05, 0.1) is 21.2 Å². The molecule has 2 aromatic heterocycles. The molecule has 2 heterocycles. The third-order valence-electron chi connectivity index (χ3n) is 2.77. The SMILES string of the molecule is NNc1nc(CSc2ccc(Cl)c(Cl)c2)nc2sccc12. The van der Waals surface area contributed by atoms with E-state index < -0.39 is 0 Å². The first-order chi connectivity index (χ1) is 10.2. The highest BCUT2D eigenvalue weighted by molar-refractivity contribution is 7.98. The Morgan fingerprint density at radius 2 is 2.05 bits per heavy atom. The Kier molecular flexibility index (Phi) is 4.51. The summed E-state index contributed by atoms with van der Waals surface area (Å²) in [6.45, 7) is 0. The van der Waals surface area contributed by atoms with Gasteiger partial charge in [0.25, 0.3) is 0 Å². The van der Waals surface area contributed by atoms with Crippen molar-refractivity contribution in [2.24, 2.45) is 5.84 Å². The van der Waals surface area contributed by atoms with E-state index in [0.717, 1.165) is 15.1 Å². The van der Waals surface area contributed by atoms with Crippen LogP contribution >= 0.6 is 46.3 Å². The van der Waals surface area contributed by atoms with E-state index in [1.807, 2.05) is 23.6 Å². The standard InChI is InChI=1S/C13H10Cl2N4S2/c14-9-2-1-7(5-10(9)15)21-6-11-17-12(19-16)8-3-4-20-13(8)18-11/h1-5H,6,16H2,(H,17,18,19). The third-order valence-corrected chi connectivity index (χ3v) is 5.30. The summed E-state index contributed by atoms with van der Waals surface area (Å²) >= 11 is 15.1. The second-order valence-electron chi connectivity index (χ2n) is 4.14. The van der Waals surface area contributed by atoms with Crippen molar-refractivity contribution in [3.8, 4) is 0 Å². The molecule has 0 aliphatic carbocycles. The molecule has 0 bridgehead atoms. The maximum absolute atomic E-state index is 6.01. The van der Waals surface area contributed by atoms with Crippen LogP contribution in [0.1, 0.15) is 5.82 Å². The van der Waals surface area contributed by atoms with E-state index in [2.05, 4.69) is 15.4 Å². The molecule has 0 unspecified atom stereocenters. The average molecular weight is 357 g/mol. The van der Waals surface area contributed by atoms with Crippen LogP contribution in [-0.2, 0) is 5.75 Å². The van der Waals surface area contributed by atoms with Crippen molar-refractivity contribution in [2.45, 2.75) is 10.6 Å². The lowest BCUT2D eigenvalue weighted by Crippen LogP contribution is -2.10. The van der Waals surface area contributed by atoms with E-state index >= 15 is 0 Å². The molecule has 108 valence electrons. The second-order valence-corrected chi connectivity index (χ2v) is 6.89. The van der Waals surface area contributed by atoms with E-state index in [1.54, 1.807) is 29.2 Å². The number of rotatable bonds is 4. The lowest BCUT2D eigenvalue weighted by atomic mass is 10.4. The molecule has 4 nitrogen and oxygen atoms in total. The largest absolute Gasteiger partial charge is 0.308 e. The minimum Gasteiger partial charge on any atom is -0.308 e. The predicted octanol–water partition coefficient (Wildman–Crippen LogP) is 4.58. The van der Waals surface area contributed by atoms with Crippen molar-refractivity contribution >= 4 is 62.3 Å². The first kappa shape index (κ1) is 14.9. The number of fused-ring (bicyclic) bond motifs is 1. The molecule has 0 saturated carbocycles. The van der Waals surface area contributed by atoms with E-state index in [-0.39, 0.29) is 0 Å². The van der Waals surface area contributed by atoms with Crippen LogP contribution in [0.2, 0.25) is 10.0 Å². The number of benzene rings is 1. The predicted molar refractivity (Wildman–Crippen MR) is 91.2 cm³/mol. The van der Waals surface area contributed by atoms with Gasteiger partial charge in [-0.15, -0.1) is 23.1 Å². The Balaban J connectivity index is 1.82. The van der Waals surface area contributed by atoms with Gasteiger partial charge in [-0.3, -0.25) is 0 Å². The quantitative estimate of drug-likeness (QED) is 0.407. The van der Waals surface area contributed by atoms with Gasteiger partial charge < -0.3 is 5.43 Å². The highest BCUT2D eigenvalue weighted by atomic mass is 35.5. The number of thioether (sulfide) groups is 1. The lowest BCUT2D eigenvalue weighted by molar-refractivity contribution is 1.06. The van der Waals surface area contributed by atoms with Crippen molar-refractivity contribution in [1.29, 1.82) is 0 Å². The van der Waals surface area contributed by atoms with Crippen LogP contribution in [0.3, 0.4) is 0 Å². The number of nitrogens with two attached hydrogens (primary N) is 1. The Labute approximate surface area is 139 Å². The summed E-state index contributed by atoms with van der Waals surface area (Å²) in [5.41, 5.74) is 2.62. The fourth-order valence-corrected chi connectivity index (χ4v) is 3.72. The molecule has 0 amide bonds. The molecule has 0 radical (unpaired) electrons. The summed E-state index contributed by atoms with van der Waals surface area (Å²) < 4.78 is 0. The van der Waals surface area contributed by atoms with Crippen molar-refractivity contribution in [3.05, 3.63) is 45.5 Å². The van der Waals surface area contributed by atoms with E-state index in [0.29, 0.717) is 27.4 Å². The highest BCUT2D eigenvalue weighted by Crippen LogP contribution is 2.30. The molecular formula is C13H10Cl2N4S2. The number of thiophene rings is 1. The van der Waals surface area contributed by atoms with Gasteiger partial charge in [-0.05, 0) is 29.6 Å². The zero-order valence-electron chi connectivity index (χ0n) is 10.6. The van der Waals surface area contributed by atoms with Gasteiger partial charge in [-0.2, -0.15) is 0 Å². The molecule has 0 spiro atoms. The molecule has 3 rings (SSSR count). The summed E-state index contributed by atoms with van der Waals surface area (Å²) in [4.78, 5) is 10.9. The Bertz CT molecular complexity index is 791. The minimum absolute atomic E-state index is 0.542. The molecule has 0 saturated heterocycles. The number of nitrogens with zero attached hydrogens (tertiary/aromatic N) is 2. The Morgan fingerprint density at radius 1 is 1.19 bits per heavy atom. The smallest absolute Gasteiger partial charge is 0.152 e. The second kappa shape index (κ2) is 6.37. The molecule has 21 heavy (non-hydrogen) atoms. The molecular weight excluding hydrogens is 347 g/mol. The van der Waals surface area contributed by atoms with Crippen molar-refractivity contribution < 1.29 is 0 Å². The van der Waals surface area contributed by atoms with Gasteiger partial charge in [-0.25, -0.2) is 15.8 Å². The van der Waals surface area contributed by atoms with Crippen molar-refractivity contribution in [1.82, 2.24) is 9.97 Å². The van der Waals surface area contributed by atoms with Crippen LogP contribution in [-0.4, -0.2) is 9.97 Å². The number of hydrazine groups is 1. The van der Waals surface area contributed by atoms with Crippen LogP contribution in [0.5, 0.6) is 0 Å². The summed E-state index contributed by atoms with van der Waals surface area (Å²) in [7, 11) is 0. The molecule has 3 N–H and O–H groups in total.